The minimum Gasteiger partial charge on any atom is -0.367 e. The van der Waals surface area contributed by atoms with Gasteiger partial charge in [-0.3, -0.25) is 9.69 Å². The van der Waals surface area contributed by atoms with E-state index in [0.29, 0.717) is 31.7 Å². The highest BCUT2D eigenvalue weighted by atomic mass is 19.1. The number of urea groups is 1. The van der Waals surface area contributed by atoms with E-state index in [2.05, 4.69) is 0 Å². The van der Waals surface area contributed by atoms with Crippen LogP contribution in [0.15, 0.2) is 18.2 Å². The number of imide groups is 1. The Morgan fingerprint density at radius 1 is 1.09 bits per heavy atom. The Bertz CT molecular complexity index is 659. The average Bonchev–Trinajstić information content (AvgIpc) is 3.19. The van der Waals surface area contributed by atoms with E-state index in [1.807, 2.05) is 0 Å². The molecule has 3 aliphatic rings. The topological polar surface area (TPSA) is 43.9 Å². The second kappa shape index (κ2) is 5.18. The van der Waals surface area contributed by atoms with Crippen molar-refractivity contribution in [2.75, 3.05) is 24.5 Å². The number of hydrogen-bond acceptors (Lipinski definition) is 3. The van der Waals surface area contributed by atoms with Crippen molar-refractivity contribution in [2.24, 2.45) is 0 Å². The van der Waals surface area contributed by atoms with Gasteiger partial charge in [-0.1, -0.05) is 0 Å². The van der Waals surface area contributed by atoms with Crippen molar-refractivity contribution in [3.8, 4) is 0 Å². The van der Waals surface area contributed by atoms with Gasteiger partial charge >= 0.3 is 6.03 Å². The Hall–Kier alpha value is -2.18. The van der Waals surface area contributed by atoms with Crippen molar-refractivity contribution in [1.82, 2.24) is 9.80 Å². The van der Waals surface area contributed by atoms with Crippen molar-refractivity contribution in [3.05, 3.63) is 29.8 Å². The maximum atomic E-state index is 13.9. The molecular formula is C16H17F2N3O2. The lowest BCUT2D eigenvalue weighted by Crippen LogP contribution is -2.43. The molecule has 0 N–H and O–H groups in total. The Kier molecular flexibility index (Phi) is 3.25. The molecule has 3 fully saturated rings. The Labute approximate surface area is 132 Å². The maximum absolute atomic E-state index is 13.9. The summed E-state index contributed by atoms with van der Waals surface area (Å²) >= 11 is 0. The first-order chi connectivity index (χ1) is 11.1. The molecule has 3 heterocycles. The van der Waals surface area contributed by atoms with Crippen LogP contribution in [0.3, 0.4) is 0 Å². The molecule has 0 bridgehead atoms. The lowest BCUT2D eigenvalue weighted by Gasteiger charge is -2.24. The first kappa shape index (κ1) is 14.4. The zero-order valence-corrected chi connectivity index (χ0v) is 12.5. The number of carbonyl (C=O) groups is 2. The molecule has 122 valence electrons. The molecule has 0 radical (unpaired) electrons. The van der Waals surface area contributed by atoms with Crippen LogP contribution in [0.4, 0.5) is 19.3 Å². The molecule has 1 aromatic rings. The van der Waals surface area contributed by atoms with E-state index < -0.39 is 11.6 Å². The highest BCUT2D eigenvalue weighted by Gasteiger charge is 2.50. The van der Waals surface area contributed by atoms with E-state index in [1.54, 1.807) is 9.80 Å². The third-order valence-corrected chi connectivity index (χ3v) is 5.01. The fourth-order valence-electron chi connectivity index (χ4n) is 3.89. The van der Waals surface area contributed by atoms with E-state index in [-0.39, 0.29) is 24.0 Å². The van der Waals surface area contributed by atoms with E-state index in [4.69, 9.17) is 0 Å². The Morgan fingerprint density at radius 3 is 2.65 bits per heavy atom. The molecule has 0 aliphatic carbocycles. The van der Waals surface area contributed by atoms with Crippen molar-refractivity contribution in [2.45, 2.75) is 31.3 Å². The van der Waals surface area contributed by atoms with Gasteiger partial charge in [-0.15, -0.1) is 0 Å². The van der Waals surface area contributed by atoms with Gasteiger partial charge in [0.15, 0.2) is 0 Å². The van der Waals surface area contributed by atoms with Crippen LogP contribution in [0.1, 0.15) is 19.3 Å². The molecule has 5 nitrogen and oxygen atoms in total. The summed E-state index contributed by atoms with van der Waals surface area (Å²) in [6.07, 6.45) is 2.20. The first-order valence-corrected chi connectivity index (χ1v) is 7.90. The molecule has 3 saturated heterocycles. The first-order valence-electron chi connectivity index (χ1n) is 7.90. The highest BCUT2D eigenvalue weighted by molar-refractivity contribution is 6.05. The van der Waals surface area contributed by atoms with E-state index in [1.165, 1.54) is 17.0 Å². The van der Waals surface area contributed by atoms with Crippen LogP contribution in [0, 0.1) is 11.6 Å². The number of anilines is 1. The van der Waals surface area contributed by atoms with Crippen LogP contribution in [-0.4, -0.2) is 53.5 Å². The highest BCUT2D eigenvalue weighted by Crippen LogP contribution is 2.33. The number of halogens is 2. The minimum absolute atomic E-state index is 0.126. The van der Waals surface area contributed by atoms with Gasteiger partial charge in [0.25, 0.3) is 5.91 Å². The summed E-state index contributed by atoms with van der Waals surface area (Å²) in [6.45, 7) is 1.56. The fourth-order valence-corrected chi connectivity index (χ4v) is 3.89. The van der Waals surface area contributed by atoms with Gasteiger partial charge in [-0.2, -0.15) is 0 Å². The molecule has 7 heteroatoms. The lowest BCUT2D eigenvalue weighted by molar-refractivity contribution is -0.129. The standard InChI is InChI=1S/C16H17F2N3O2/c17-10-3-4-13(12(18)8-10)19-7-5-11(9-19)21-15(22)14-2-1-6-20(14)16(21)23/h3-4,8,11,14H,1-2,5-7,9H2/t11-,14-/m0/s1. The summed E-state index contributed by atoms with van der Waals surface area (Å²) in [6, 6.07) is 2.70. The van der Waals surface area contributed by atoms with E-state index in [9.17, 15) is 18.4 Å². The van der Waals surface area contributed by atoms with Crippen molar-refractivity contribution >= 4 is 17.6 Å². The predicted octanol–water partition coefficient (Wildman–Crippen LogP) is 1.97. The molecule has 23 heavy (non-hydrogen) atoms. The second-order valence-electron chi connectivity index (χ2n) is 6.33. The predicted molar refractivity (Wildman–Crippen MR) is 78.9 cm³/mol. The van der Waals surface area contributed by atoms with Crippen molar-refractivity contribution < 1.29 is 18.4 Å². The quantitative estimate of drug-likeness (QED) is 0.782. The van der Waals surface area contributed by atoms with Crippen LogP contribution in [0.2, 0.25) is 0 Å². The lowest BCUT2D eigenvalue weighted by atomic mass is 10.2. The number of nitrogens with zero attached hydrogens (tertiary/aromatic N) is 3. The van der Waals surface area contributed by atoms with Crippen molar-refractivity contribution in [3.63, 3.8) is 0 Å². The summed E-state index contributed by atoms with van der Waals surface area (Å²) in [4.78, 5) is 29.7. The van der Waals surface area contributed by atoms with Crippen LogP contribution < -0.4 is 4.90 Å². The molecule has 1 aromatic carbocycles. The largest absolute Gasteiger partial charge is 0.367 e. The molecule has 0 saturated carbocycles. The SMILES string of the molecule is O=C1[C@@H]2CCCN2C(=O)N1[C@H]1CCN(c2ccc(F)cc2F)C1. The van der Waals surface area contributed by atoms with Gasteiger partial charge in [0, 0.05) is 25.7 Å². The molecule has 3 amide bonds. The average molecular weight is 321 g/mol. The normalized spacial score (nSPS) is 27.3. The van der Waals surface area contributed by atoms with Crippen LogP contribution in [-0.2, 0) is 4.79 Å². The fraction of sp³-hybridized carbons (Fsp3) is 0.500. The van der Waals surface area contributed by atoms with E-state index >= 15 is 0 Å². The van der Waals surface area contributed by atoms with Crippen LogP contribution in [0.25, 0.3) is 0 Å². The molecule has 4 rings (SSSR count). The molecular weight excluding hydrogens is 304 g/mol. The van der Waals surface area contributed by atoms with Gasteiger partial charge in [0.05, 0.1) is 11.7 Å². The number of benzene rings is 1. The zero-order chi connectivity index (χ0) is 16.1. The third kappa shape index (κ3) is 2.17. The number of rotatable bonds is 2. The molecule has 3 aliphatic heterocycles. The van der Waals surface area contributed by atoms with Gasteiger partial charge in [-0.25, -0.2) is 13.6 Å². The summed E-state index contributed by atoms with van der Waals surface area (Å²) in [7, 11) is 0. The third-order valence-electron chi connectivity index (χ3n) is 5.01. The van der Waals surface area contributed by atoms with Crippen molar-refractivity contribution in [1.29, 1.82) is 0 Å². The summed E-state index contributed by atoms with van der Waals surface area (Å²) in [5.41, 5.74) is 0.313. The Morgan fingerprint density at radius 2 is 1.91 bits per heavy atom. The number of hydrogen-bond donors (Lipinski definition) is 0. The minimum atomic E-state index is -0.620. The zero-order valence-electron chi connectivity index (χ0n) is 12.5. The molecule has 2 atom stereocenters. The smallest absolute Gasteiger partial charge is 0.327 e. The van der Waals surface area contributed by atoms with Crippen LogP contribution in [0.5, 0.6) is 0 Å². The Balaban J connectivity index is 1.52. The summed E-state index contributed by atoms with van der Waals surface area (Å²) in [5, 5.41) is 0. The maximum Gasteiger partial charge on any atom is 0.327 e. The number of fused-ring (bicyclic) bond motifs is 1. The monoisotopic (exact) mass is 321 g/mol. The van der Waals surface area contributed by atoms with Gasteiger partial charge < -0.3 is 9.80 Å². The van der Waals surface area contributed by atoms with Gasteiger partial charge in [-0.05, 0) is 31.4 Å². The summed E-state index contributed by atoms with van der Waals surface area (Å²) < 4.78 is 26.9. The molecule has 0 spiro atoms. The molecule has 0 unspecified atom stereocenters. The number of amides is 3. The van der Waals surface area contributed by atoms with Gasteiger partial charge in [0.1, 0.15) is 17.7 Å². The second-order valence-corrected chi connectivity index (χ2v) is 6.33. The molecule has 0 aromatic heterocycles. The van der Waals surface area contributed by atoms with Crippen LogP contribution >= 0.6 is 0 Å². The van der Waals surface area contributed by atoms with E-state index in [0.717, 1.165) is 18.9 Å². The number of carbonyl (C=O) groups excluding carboxylic acids is 2. The van der Waals surface area contributed by atoms with Gasteiger partial charge in [0.2, 0.25) is 0 Å². The summed E-state index contributed by atoms with van der Waals surface area (Å²) in [5.74, 6) is -1.36.